The first kappa shape index (κ1) is 16.0. The number of aromatic nitrogens is 2. The molecule has 0 aliphatic carbocycles. The van der Waals surface area contributed by atoms with Crippen molar-refractivity contribution >= 4 is 0 Å². The summed E-state index contributed by atoms with van der Waals surface area (Å²) in [5.41, 5.74) is -0.825. The zero-order valence-electron chi connectivity index (χ0n) is 10.6. The first-order valence-corrected chi connectivity index (χ1v) is 5.98. The summed E-state index contributed by atoms with van der Waals surface area (Å²) in [5.74, 6) is -0.174. The van der Waals surface area contributed by atoms with E-state index < -0.39 is 31.3 Å². The maximum Gasteiger partial charge on any atom is 0.433 e. The lowest BCUT2D eigenvalue weighted by atomic mass is 10.1. The molecule has 2 rings (SSSR count). The molecule has 1 aromatic heterocycles. The molecule has 1 N–H and O–H groups in total. The predicted octanol–water partition coefficient (Wildman–Crippen LogP) is 2.22. The van der Waals surface area contributed by atoms with Crippen molar-refractivity contribution < 1.29 is 31.1 Å². The van der Waals surface area contributed by atoms with Crippen molar-refractivity contribution in [3.63, 3.8) is 0 Å². The summed E-state index contributed by atoms with van der Waals surface area (Å²) in [6.45, 7) is -1.65. The highest BCUT2D eigenvalue weighted by molar-refractivity contribution is 5.31. The second-order valence-corrected chi connectivity index (χ2v) is 4.43. The van der Waals surface area contributed by atoms with Crippen LogP contribution in [0.15, 0.2) is 0 Å². The second-order valence-electron chi connectivity index (χ2n) is 4.43. The van der Waals surface area contributed by atoms with Crippen molar-refractivity contribution in [3.8, 4) is 0 Å². The molecular formula is C11H11F6N3O. The van der Waals surface area contributed by atoms with E-state index in [1.165, 1.54) is 0 Å². The third-order valence-electron chi connectivity index (χ3n) is 2.74. The Kier molecular flexibility index (Phi) is 4.38. The van der Waals surface area contributed by atoms with Crippen LogP contribution in [0.5, 0.6) is 0 Å². The van der Waals surface area contributed by atoms with E-state index >= 15 is 0 Å². The number of nitrogens with zero attached hydrogens (tertiary/aromatic N) is 2. The molecule has 0 saturated heterocycles. The summed E-state index contributed by atoms with van der Waals surface area (Å²) in [7, 11) is 0. The molecule has 0 saturated carbocycles. The number of ether oxygens (including phenoxy) is 1. The van der Waals surface area contributed by atoms with Crippen molar-refractivity contribution in [2.45, 2.75) is 31.9 Å². The number of hydrogen-bond acceptors (Lipinski definition) is 4. The van der Waals surface area contributed by atoms with Crippen LogP contribution in [0.2, 0.25) is 0 Å². The summed E-state index contributed by atoms with van der Waals surface area (Å²) in [4.78, 5) is 7.34. The van der Waals surface area contributed by atoms with E-state index in [-0.39, 0.29) is 36.6 Å². The van der Waals surface area contributed by atoms with Crippen molar-refractivity contribution in [2.75, 3.05) is 13.2 Å². The maximum atomic E-state index is 12.9. The molecule has 2 heterocycles. The van der Waals surface area contributed by atoms with Gasteiger partial charge in [-0.3, -0.25) is 0 Å². The van der Waals surface area contributed by atoms with E-state index in [2.05, 4.69) is 20.0 Å². The monoisotopic (exact) mass is 315 g/mol. The summed E-state index contributed by atoms with van der Waals surface area (Å²) < 4.78 is 78.6. The number of fused-ring (bicyclic) bond motifs is 1. The Morgan fingerprint density at radius 1 is 1.05 bits per heavy atom. The minimum atomic E-state index is -4.62. The lowest BCUT2D eigenvalue weighted by Gasteiger charge is -2.12. The minimum absolute atomic E-state index is 0.0116. The molecule has 0 atom stereocenters. The van der Waals surface area contributed by atoms with Crippen molar-refractivity contribution in [1.82, 2.24) is 15.3 Å². The number of nitrogens with one attached hydrogen (secondary N) is 1. The smallest absolute Gasteiger partial charge is 0.372 e. The molecule has 0 fully saturated rings. The first-order chi connectivity index (χ1) is 9.67. The fourth-order valence-corrected chi connectivity index (χ4v) is 1.92. The van der Waals surface area contributed by atoms with Gasteiger partial charge in [-0.2, -0.15) is 26.3 Å². The van der Waals surface area contributed by atoms with Gasteiger partial charge in [-0.15, -0.1) is 0 Å². The van der Waals surface area contributed by atoms with E-state index in [1.54, 1.807) is 0 Å². The van der Waals surface area contributed by atoms with Gasteiger partial charge in [0.1, 0.15) is 12.4 Å². The van der Waals surface area contributed by atoms with Gasteiger partial charge in [0.25, 0.3) is 0 Å². The van der Waals surface area contributed by atoms with Gasteiger partial charge >= 0.3 is 12.4 Å². The van der Waals surface area contributed by atoms with Crippen LogP contribution in [0.1, 0.15) is 22.8 Å². The van der Waals surface area contributed by atoms with E-state index in [0.29, 0.717) is 0 Å². The Balaban J connectivity index is 2.08. The molecule has 1 aromatic rings. The van der Waals surface area contributed by atoms with Gasteiger partial charge < -0.3 is 10.1 Å². The molecule has 0 radical (unpaired) electrons. The Morgan fingerprint density at radius 3 is 2.38 bits per heavy atom. The third kappa shape index (κ3) is 4.27. The summed E-state index contributed by atoms with van der Waals surface area (Å²) >= 11 is 0. The Bertz CT molecular complexity index is 514. The van der Waals surface area contributed by atoms with Crippen LogP contribution in [0, 0.1) is 0 Å². The van der Waals surface area contributed by atoms with Crippen LogP contribution in [-0.4, -0.2) is 29.4 Å². The average Bonchev–Trinajstić information content (AvgIpc) is 2.79. The molecule has 1 aliphatic heterocycles. The van der Waals surface area contributed by atoms with Gasteiger partial charge in [0.05, 0.1) is 12.3 Å². The number of rotatable bonds is 4. The number of alkyl halides is 6. The molecule has 0 bridgehead atoms. The van der Waals surface area contributed by atoms with E-state index in [0.717, 1.165) is 0 Å². The molecule has 10 heteroatoms. The van der Waals surface area contributed by atoms with Crippen LogP contribution in [0.4, 0.5) is 26.3 Å². The molecule has 0 spiro atoms. The van der Waals surface area contributed by atoms with Gasteiger partial charge in [0.15, 0.2) is 5.69 Å². The molecule has 4 nitrogen and oxygen atoms in total. The van der Waals surface area contributed by atoms with Crippen molar-refractivity contribution in [3.05, 3.63) is 22.8 Å². The van der Waals surface area contributed by atoms with Crippen molar-refractivity contribution in [2.24, 2.45) is 0 Å². The highest BCUT2D eigenvalue weighted by Gasteiger charge is 2.38. The summed E-state index contributed by atoms with van der Waals surface area (Å²) in [6, 6.07) is 0. The van der Waals surface area contributed by atoms with Crippen LogP contribution < -0.4 is 5.32 Å². The number of halogens is 6. The quantitative estimate of drug-likeness (QED) is 0.684. The predicted molar refractivity (Wildman–Crippen MR) is 58.2 cm³/mol. The Hall–Kier alpha value is -1.42. The second kappa shape index (κ2) is 5.76. The van der Waals surface area contributed by atoms with Crippen LogP contribution in [0.25, 0.3) is 0 Å². The van der Waals surface area contributed by atoms with E-state index in [9.17, 15) is 26.3 Å². The molecule has 0 unspecified atom stereocenters. The molecule has 21 heavy (non-hydrogen) atoms. The molecule has 0 amide bonds. The standard InChI is InChI=1S/C11H11F6N3O/c12-10(13,14)5-21-2-1-8-19-7-4-18-3-6(7)9(20-8)11(15,16)17/h18H,1-5H2. The van der Waals surface area contributed by atoms with Gasteiger partial charge in [0, 0.05) is 25.1 Å². The van der Waals surface area contributed by atoms with Gasteiger partial charge in [0.2, 0.25) is 0 Å². The van der Waals surface area contributed by atoms with E-state index in [1.807, 2.05) is 0 Å². The van der Waals surface area contributed by atoms with Gasteiger partial charge in [-0.25, -0.2) is 9.97 Å². The third-order valence-corrected chi connectivity index (χ3v) is 2.74. The van der Waals surface area contributed by atoms with E-state index in [4.69, 9.17) is 0 Å². The van der Waals surface area contributed by atoms with Gasteiger partial charge in [-0.05, 0) is 0 Å². The fraction of sp³-hybridized carbons (Fsp3) is 0.636. The highest BCUT2D eigenvalue weighted by Crippen LogP contribution is 2.33. The Morgan fingerprint density at radius 2 is 1.76 bits per heavy atom. The molecule has 1 aliphatic rings. The largest absolute Gasteiger partial charge is 0.433 e. The molecule has 0 aromatic carbocycles. The average molecular weight is 315 g/mol. The molecule has 118 valence electrons. The SMILES string of the molecule is FC(F)(F)COCCc1nc2c(c(C(F)(F)F)n1)CNC2. The minimum Gasteiger partial charge on any atom is -0.372 e. The normalized spacial score (nSPS) is 15.3. The lowest BCUT2D eigenvalue weighted by molar-refractivity contribution is -0.173. The van der Waals surface area contributed by atoms with Crippen LogP contribution >= 0.6 is 0 Å². The highest BCUT2D eigenvalue weighted by atomic mass is 19.4. The number of hydrogen-bond donors (Lipinski definition) is 1. The van der Waals surface area contributed by atoms with Crippen molar-refractivity contribution in [1.29, 1.82) is 0 Å². The van der Waals surface area contributed by atoms with Gasteiger partial charge in [-0.1, -0.05) is 0 Å². The van der Waals surface area contributed by atoms with Crippen LogP contribution in [0.3, 0.4) is 0 Å². The molecular weight excluding hydrogens is 304 g/mol. The lowest BCUT2D eigenvalue weighted by Crippen LogP contribution is -2.19. The Labute approximate surface area is 115 Å². The summed E-state index contributed by atoms with van der Waals surface area (Å²) in [6.07, 6.45) is -9.31. The summed E-state index contributed by atoms with van der Waals surface area (Å²) in [5, 5.41) is 2.73. The zero-order chi connectivity index (χ0) is 15.7. The fourth-order valence-electron chi connectivity index (χ4n) is 1.92. The topological polar surface area (TPSA) is 47.0 Å². The zero-order valence-corrected chi connectivity index (χ0v) is 10.6. The van der Waals surface area contributed by atoms with Crippen LogP contribution in [-0.2, 0) is 30.4 Å². The maximum absolute atomic E-state index is 12.9. The first-order valence-electron chi connectivity index (χ1n) is 5.98.